The van der Waals surface area contributed by atoms with Gasteiger partial charge in [0.2, 0.25) is 5.91 Å². The van der Waals surface area contributed by atoms with Gasteiger partial charge in [-0.15, -0.1) is 0 Å². The van der Waals surface area contributed by atoms with Crippen LogP contribution in [0.3, 0.4) is 0 Å². The minimum Gasteiger partial charge on any atom is -0.497 e. The molecule has 1 aliphatic heterocycles. The van der Waals surface area contributed by atoms with E-state index >= 15 is 0 Å². The number of anilines is 1. The summed E-state index contributed by atoms with van der Waals surface area (Å²) in [5.74, 6) is 1.04. The maximum Gasteiger partial charge on any atom is 0.226 e. The molecule has 2 heterocycles. The van der Waals surface area contributed by atoms with Crippen LogP contribution >= 0.6 is 11.3 Å². The molecule has 1 aromatic heterocycles. The van der Waals surface area contributed by atoms with Crippen LogP contribution in [0.5, 0.6) is 5.75 Å². The van der Waals surface area contributed by atoms with Crippen LogP contribution in [0.15, 0.2) is 42.5 Å². The molecule has 27 heavy (non-hydrogen) atoms. The number of fused-ring (bicyclic) bond motifs is 1. The minimum absolute atomic E-state index is 0.0506. The number of aryl methyl sites for hydroxylation is 1. The van der Waals surface area contributed by atoms with Gasteiger partial charge < -0.3 is 15.0 Å². The van der Waals surface area contributed by atoms with Crippen molar-refractivity contribution in [3.8, 4) is 5.75 Å². The molecular weight excluding hydrogens is 358 g/mol. The molecule has 1 saturated heterocycles. The predicted octanol–water partition coefficient (Wildman–Crippen LogP) is 3.41. The molecule has 1 fully saturated rings. The summed E-state index contributed by atoms with van der Waals surface area (Å²) in [6.07, 6.45) is 0.823. The summed E-state index contributed by atoms with van der Waals surface area (Å²) in [6, 6.07) is 14.3. The lowest BCUT2D eigenvalue weighted by Crippen LogP contribution is -2.54. The van der Waals surface area contributed by atoms with E-state index in [2.05, 4.69) is 40.3 Å². The Labute approximate surface area is 163 Å². The number of nitrogens with one attached hydrogen (secondary N) is 1. The number of hydrogen-bond donors (Lipinski definition) is 1. The number of amides is 1. The van der Waals surface area contributed by atoms with Crippen molar-refractivity contribution in [2.75, 3.05) is 31.6 Å². The van der Waals surface area contributed by atoms with Crippen molar-refractivity contribution < 1.29 is 9.53 Å². The van der Waals surface area contributed by atoms with Crippen molar-refractivity contribution >= 4 is 32.6 Å². The Morgan fingerprint density at radius 3 is 2.78 bits per heavy atom. The first-order chi connectivity index (χ1) is 13.1. The van der Waals surface area contributed by atoms with Crippen molar-refractivity contribution in [3.05, 3.63) is 53.6 Å². The fourth-order valence-electron chi connectivity index (χ4n) is 3.22. The topological polar surface area (TPSA) is 54.5 Å². The smallest absolute Gasteiger partial charge is 0.226 e. The van der Waals surface area contributed by atoms with Crippen molar-refractivity contribution in [3.63, 3.8) is 0 Å². The number of aromatic nitrogens is 1. The summed E-state index contributed by atoms with van der Waals surface area (Å²) in [7, 11) is 1.66. The van der Waals surface area contributed by atoms with Crippen LogP contribution in [-0.2, 0) is 11.2 Å². The summed E-state index contributed by atoms with van der Waals surface area (Å²) in [4.78, 5) is 19.2. The molecular formula is C21H23N3O2S. The molecule has 140 valence electrons. The zero-order valence-corrected chi connectivity index (χ0v) is 16.4. The van der Waals surface area contributed by atoms with Crippen LogP contribution in [-0.4, -0.2) is 37.6 Å². The second-order valence-corrected chi connectivity index (χ2v) is 7.97. The van der Waals surface area contributed by atoms with Gasteiger partial charge in [0.25, 0.3) is 0 Å². The van der Waals surface area contributed by atoms with Gasteiger partial charge in [0, 0.05) is 19.6 Å². The minimum atomic E-state index is 0.0506. The van der Waals surface area contributed by atoms with Gasteiger partial charge in [0.15, 0.2) is 5.13 Å². The van der Waals surface area contributed by atoms with Gasteiger partial charge in [-0.3, -0.25) is 4.79 Å². The lowest BCUT2D eigenvalue weighted by Gasteiger charge is -2.37. The molecule has 1 N–H and O–H groups in total. The Balaban J connectivity index is 1.25. The fraction of sp³-hybridized carbons (Fsp3) is 0.333. The molecule has 0 unspecified atom stereocenters. The Morgan fingerprint density at radius 1 is 1.26 bits per heavy atom. The first-order valence-electron chi connectivity index (χ1n) is 9.15. The zero-order valence-electron chi connectivity index (χ0n) is 15.6. The lowest BCUT2D eigenvalue weighted by atomic mass is 10.00. The molecule has 6 heteroatoms. The molecule has 0 radical (unpaired) electrons. The van der Waals surface area contributed by atoms with Crippen LogP contribution in [0.4, 0.5) is 5.13 Å². The van der Waals surface area contributed by atoms with E-state index in [4.69, 9.17) is 4.74 Å². The largest absolute Gasteiger partial charge is 0.497 e. The number of ether oxygens (including phenoxy) is 1. The van der Waals surface area contributed by atoms with Crippen LogP contribution in [0.25, 0.3) is 10.2 Å². The van der Waals surface area contributed by atoms with E-state index in [0.717, 1.165) is 35.9 Å². The monoisotopic (exact) mass is 381 g/mol. The summed E-state index contributed by atoms with van der Waals surface area (Å²) >= 11 is 1.70. The van der Waals surface area contributed by atoms with Crippen LogP contribution in [0, 0.1) is 12.8 Å². The Kier molecular flexibility index (Phi) is 4.99. The highest BCUT2D eigenvalue weighted by Gasteiger charge is 2.34. The molecule has 1 amide bonds. The average molecular weight is 382 g/mol. The van der Waals surface area contributed by atoms with Gasteiger partial charge in [-0.05, 0) is 48.7 Å². The third-order valence-electron chi connectivity index (χ3n) is 4.93. The van der Waals surface area contributed by atoms with Crippen molar-refractivity contribution in [1.29, 1.82) is 0 Å². The second-order valence-electron chi connectivity index (χ2n) is 6.96. The van der Waals surface area contributed by atoms with Gasteiger partial charge >= 0.3 is 0 Å². The quantitative estimate of drug-likeness (QED) is 0.711. The van der Waals surface area contributed by atoms with Gasteiger partial charge in [-0.2, -0.15) is 0 Å². The number of nitrogens with zero attached hydrogens (tertiary/aromatic N) is 2. The zero-order chi connectivity index (χ0) is 18.8. The highest BCUT2D eigenvalue weighted by molar-refractivity contribution is 7.22. The van der Waals surface area contributed by atoms with E-state index in [1.807, 2.05) is 24.3 Å². The highest BCUT2D eigenvalue weighted by Crippen LogP contribution is 2.33. The molecule has 0 saturated carbocycles. The molecule has 3 aromatic rings. The molecule has 2 aromatic carbocycles. The first-order valence-corrected chi connectivity index (χ1v) is 9.97. The first kappa shape index (κ1) is 17.8. The van der Waals surface area contributed by atoms with Crippen molar-refractivity contribution in [2.24, 2.45) is 5.92 Å². The Bertz CT molecular complexity index is 946. The predicted molar refractivity (Wildman–Crippen MR) is 110 cm³/mol. The Morgan fingerprint density at radius 2 is 2.04 bits per heavy atom. The van der Waals surface area contributed by atoms with E-state index < -0.39 is 0 Å². The normalized spacial score (nSPS) is 14.2. The molecule has 0 aliphatic carbocycles. The van der Waals surface area contributed by atoms with Gasteiger partial charge in [-0.1, -0.05) is 29.5 Å². The maximum atomic E-state index is 12.3. The number of methoxy groups -OCH3 is 1. The number of benzene rings is 2. The molecule has 1 aliphatic rings. The fourth-order valence-corrected chi connectivity index (χ4v) is 4.30. The molecule has 0 spiro atoms. The molecule has 0 atom stereocenters. The molecule has 4 rings (SSSR count). The van der Waals surface area contributed by atoms with Gasteiger partial charge in [0.1, 0.15) is 5.75 Å². The van der Waals surface area contributed by atoms with E-state index in [1.165, 1.54) is 15.8 Å². The van der Waals surface area contributed by atoms with Crippen LogP contribution < -0.4 is 15.0 Å². The third-order valence-corrected chi connectivity index (χ3v) is 6.01. The van der Waals surface area contributed by atoms with E-state index in [9.17, 15) is 4.79 Å². The second kappa shape index (κ2) is 7.56. The number of carbonyl (C=O) groups is 1. The lowest BCUT2D eigenvalue weighted by molar-refractivity contribution is -0.125. The maximum absolute atomic E-state index is 12.3. The number of rotatable bonds is 6. The van der Waals surface area contributed by atoms with E-state index in [-0.39, 0.29) is 11.8 Å². The van der Waals surface area contributed by atoms with Gasteiger partial charge in [0.05, 0.1) is 23.2 Å². The summed E-state index contributed by atoms with van der Waals surface area (Å²) in [5.41, 5.74) is 3.47. The molecule has 0 bridgehead atoms. The summed E-state index contributed by atoms with van der Waals surface area (Å²) in [6.45, 7) is 4.23. The highest BCUT2D eigenvalue weighted by atomic mass is 32.1. The summed E-state index contributed by atoms with van der Waals surface area (Å²) < 4.78 is 6.36. The van der Waals surface area contributed by atoms with Gasteiger partial charge in [-0.25, -0.2) is 4.98 Å². The number of hydrogen-bond acceptors (Lipinski definition) is 5. The standard InChI is InChI=1S/C21H23N3O2S/c1-14-3-8-18-19(11-14)27-21(23-18)24-12-16(13-24)20(25)22-10-9-15-4-6-17(26-2)7-5-15/h3-8,11,16H,9-10,12-13H2,1-2H3,(H,22,25). The molecule has 5 nitrogen and oxygen atoms in total. The summed E-state index contributed by atoms with van der Waals surface area (Å²) in [5, 5.41) is 4.07. The number of carbonyl (C=O) groups excluding carboxylic acids is 1. The van der Waals surface area contributed by atoms with E-state index in [1.54, 1.807) is 18.4 Å². The van der Waals surface area contributed by atoms with Crippen molar-refractivity contribution in [1.82, 2.24) is 10.3 Å². The van der Waals surface area contributed by atoms with E-state index in [0.29, 0.717) is 6.54 Å². The van der Waals surface area contributed by atoms with Crippen molar-refractivity contribution in [2.45, 2.75) is 13.3 Å². The number of thiazole rings is 1. The average Bonchev–Trinajstić information content (AvgIpc) is 3.03. The van der Waals surface area contributed by atoms with Crippen LogP contribution in [0.1, 0.15) is 11.1 Å². The van der Waals surface area contributed by atoms with Crippen LogP contribution in [0.2, 0.25) is 0 Å². The third kappa shape index (κ3) is 3.90. The SMILES string of the molecule is COc1ccc(CCNC(=O)C2CN(c3nc4ccc(C)cc4s3)C2)cc1. The Hall–Kier alpha value is -2.60.